The molecule has 2 rings (SSSR count). The molecule has 0 aromatic heterocycles. The van der Waals surface area contributed by atoms with Crippen molar-refractivity contribution in [3.63, 3.8) is 0 Å². The van der Waals surface area contributed by atoms with Crippen molar-refractivity contribution < 1.29 is 19.4 Å². The summed E-state index contributed by atoms with van der Waals surface area (Å²) in [7, 11) is 0. The number of ether oxygens (including phenoxy) is 1. The quantitative estimate of drug-likeness (QED) is 0.867. The Morgan fingerprint density at radius 2 is 2.05 bits per heavy atom. The Labute approximate surface area is 117 Å². The molecule has 1 fully saturated rings. The molecule has 5 nitrogen and oxygen atoms in total. The number of rotatable bonds is 5. The van der Waals surface area contributed by atoms with Crippen LogP contribution in [0.5, 0.6) is 5.75 Å². The maximum atomic E-state index is 12.0. The van der Waals surface area contributed by atoms with Gasteiger partial charge in [-0.15, -0.1) is 0 Å². The molecule has 0 bridgehead atoms. The second-order valence-corrected chi connectivity index (χ2v) is 5.30. The number of carboxylic acid groups (broad SMARTS) is 1. The normalized spacial score (nSPS) is 14.8. The Hall–Kier alpha value is -2.04. The summed E-state index contributed by atoms with van der Waals surface area (Å²) >= 11 is 0. The van der Waals surface area contributed by atoms with Crippen LogP contribution in [-0.4, -0.2) is 23.1 Å². The summed E-state index contributed by atoms with van der Waals surface area (Å²) < 4.78 is 5.60. The SMILES string of the molecule is CC(C)Oc1ccc(C(=O)O)cc1NC(=O)C1CCC1. The summed E-state index contributed by atoms with van der Waals surface area (Å²) in [5, 5.41) is 11.8. The predicted molar refractivity (Wildman–Crippen MR) is 75.1 cm³/mol. The van der Waals surface area contributed by atoms with E-state index in [1.54, 1.807) is 6.07 Å². The van der Waals surface area contributed by atoms with Gasteiger partial charge >= 0.3 is 5.97 Å². The predicted octanol–water partition coefficient (Wildman–Crippen LogP) is 2.91. The van der Waals surface area contributed by atoms with Gasteiger partial charge in [0, 0.05) is 5.92 Å². The van der Waals surface area contributed by atoms with Gasteiger partial charge in [0.2, 0.25) is 5.91 Å². The molecule has 0 heterocycles. The number of benzene rings is 1. The van der Waals surface area contributed by atoms with Crippen LogP contribution < -0.4 is 10.1 Å². The highest BCUT2D eigenvalue weighted by Crippen LogP contribution is 2.31. The third-order valence-corrected chi connectivity index (χ3v) is 3.32. The van der Waals surface area contributed by atoms with Crippen molar-refractivity contribution in [2.45, 2.75) is 39.2 Å². The standard InChI is InChI=1S/C15H19NO4/c1-9(2)20-13-7-6-11(15(18)19)8-12(13)16-14(17)10-4-3-5-10/h6-10H,3-5H2,1-2H3,(H,16,17)(H,18,19). The zero-order chi connectivity index (χ0) is 14.7. The van der Waals surface area contributed by atoms with Crippen molar-refractivity contribution in [1.82, 2.24) is 0 Å². The average molecular weight is 277 g/mol. The summed E-state index contributed by atoms with van der Waals surface area (Å²) in [6.45, 7) is 3.76. The highest BCUT2D eigenvalue weighted by atomic mass is 16.5. The largest absolute Gasteiger partial charge is 0.489 e. The number of anilines is 1. The smallest absolute Gasteiger partial charge is 0.335 e. The molecule has 0 unspecified atom stereocenters. The van der Waals surface area contributed by atoms with Crippen LogP contribution in [-0.2, 0) is 4.79 Å². The molecular weight excluding hydrogens is 258 g/mol. The molecule has 1 aliphatic carbocycles. The Balaban J connectivity index is 2.22. The van der Waals surface area contributed by atoms with E-state index in [2.05, 4.69) is 5.32 Å². The van der Waals surface area contributed by atoms with E-state index in [-0.39, 0.29) is 23.5 Å². The molecule has 1 amide bonds. The topological polar surface area (TPSA) is 75.6 Å². The van der Waals surface area contributed by atoms with Crippen LogP contribution in [0, 0.1) is 5.92 Å². The fourth-order valence-electron chi connectivity index (χ4n) is 2.02. The molecule has 0 radical (unpaired) electrons. The third-order valence-electron chi connectivity index (χ3n) is 3.32. The van der Waals surface area contributed by atoms with Crippen molar-refractivity contribution in [3.8, 4) is 5.75 Å². The van der Waals surface area contributed by atoms with E-state index in [1.807, 2.05) is 13.8 Å². The van der Waals surface area contributed by atoms with Gasteiger partial charge in [0.25, 0.3) is 0 Å². The Morgan fingerprint density at radius 3 is 2.55 bits per heavy atom. The summed E-state index contributed by atoms with van der Waals surface area (Å²) in [6.07, 6.45) is 2.81. The van der Waals surface area contributed by atoms with E-state index >= 15 is 0 Å². The molecule has 0 aliphatic heterocycles. The number of carbonyl (C=O) groups is 2. The van der Waals surface area contributed by atoms with Gasteiger partial charge in [-0.3, -0.25) is 4.79 Å². The first-order chi connectivity index (χ1) is 9.47. The lowest BCUT2D eigenvalue weighted by Crippen LogP contribution is -2.28. The highest BCUT2D eigenvalue weighted by molar-refractivity contribution is 5.96. The Morgan fingerprint density at radius 1 is 1.35 bits per heavy atom. The van der Waals surface area contributed by atoms with Crippen LogP contribution in [0.3, 0.4) is 0 Å². The lowest BCUT2D eigenvalue weighted by molar-refractivity contribution is -0.122. The molecule has 20 heavy (non-hydrogen) atoms. The minimum atomic E-state index is -1.03. The number of amides is 1. The third kappa shape index (κ3) is 3.29. The van der Waals surface area contributed by atoms with Crippen molar-refractivity contribution in [1.29, 1.82) is 0 Å². The Bertz CT molecular complexity index is 521. The summed E-state index contributed by atoms with van der Waals surface area (Å²) in [4.78, 5) is 23.0. The lowest BCUT2D eigenvalue weighted by Gasteiger charge is -2.25. The van der Waals surface area contributed by atoms with Gasteiger partial charge in [0.1, 0.15) is 5.75 Å². The number of hydrogen-bond donors (Lipinski definition) is 2. The van der Waals surface area contributed by atoms with Gasteiger partial charge in [-0.25, -0.2) is 4.79 Å². The molecule has 1 aromatic carbocycles. The second kappa shape index (κ2) is 5.94. The molecule has 108 valence electrons. The molecule has 5 heteroatoms. The van der Waals surface area contributed by atoms with E-state index in [4.69, 9.17) is 9.84 Å². The number of nitrogens with one attached hydrogen (secondary N) is 1. The van der Waals surface area contributed by atoms with Crippen LogP contribution in [0.2, 0.25) is 0 Å². The zero-order valence-electron chi connectivity index (χ0n) is 11.7. The monoisotopic (exact) mass is 277 g/mol. The van der Waals surface area contributed by atoms with Gasteiger partial charge in [0.15, 0.2) is 0 Å². The van der Waals surface area contributed by atoms with Crippen LogP contribution in [0.15, 0.2) is 18.2 Å². The van der Waals surface area contributed by atoms with Gasteiger partial charge in [-0.05, 0) is 44.9 Å². The maximum Gasteiger partial charge on any atom is 0.335 e. The van der Waals surface area contributed by atoms with Crippen LogP contribution >= 0.6 is 0 Å². The number of aromatic carboxylic acids is 1. The van der Waals surface area contributed by atoms with E-state index in [1.165, 1.54) is 12.1 Å². The molecule has 0 spiro atoms. The molecule has 0 saturated heterocycles. The van der Waals surface area contributed by atoms with Gasteiger partial charge in [-0.2, -0.15) is 0 Å². The molecule has 1 saturated carbocycles. The fraction of sp³-hybridized carbons (Fsp3) is 0.467. The first-order valence-electron chi connectivity index (χ1n) is 6.82. The van der Waals surface area contributed by atoms with Crippen molar-refractivity contribution in [2.24, 2.45) is 5.92 Å². The summed E-state index contributed by atoms with van der Waals surface area (Å²) in [5.41, 5.74) is 0.556. The second-order valence-electron chi connectivity index (χ2n) is 5.30. The first-order valence-corrected chi connectivity index (χ1v) is 6.82. The van der Waals surface area contributed by atoms with E-state index < -0.39 is 5.97 Å². The zero-order valence-corrected chi connectivity index (χ0v) is 11.7. The lowest BCUT2D eigenvalue weighted by atomic mass is 9.85. The van der Waals surface area contributed by atoms with Gasteiger partial charge < -0.3 is 15.2 Å². The maximum absolute atomic E-state index is 12.0. The van der Waals surface area contributed by atoms with Crippen molar-refractivity contribution in [3.05, 3.63) is 23.8 Å². The Kier molecular flexibility index (Phi) is 4.27. The number of hydrogen-bond acceptors (Lipinski definition) is 3. The number of carboxylic acids is 1. The highest BCUT2D eigenvalue weighted by Gasteiger charge is 2.26. The summed E-state index contributed by atoms with van der Waals surface area (Å²) in [5.74, 6) is -0.555. The van der Waals surface area contributed by atoms with Gasteiger partial charge in [0.05, 0.1) is 17.4 Å². The number of carbonyl (C=O) groups excluding carboxylic acids is 1. The van der Waals surface area contributed by atoms with Crippen LogP contribution in [0.1, 0.15) is 43.5 Å². The fourth-order valence-corrected chi connectivity index (χ4v) is 2.02. The minimum Gasteiger partial charge on any atom is -0.489 e. The molecule has 1 aliphatic rings. The molecule has 0 atom stereocenters. The average Bonchev–Trinajstić information content (AvgIpc) is 2.28. The van der Waals surface area contributed by atoms with E-state index in [0.29, 0.717) is 11.4 Å². The van der Waals surface area contributed by atoms with E-state index in [0.717, 1.165) is 19.3 Å². The van der Waals surface area contributed by atoms with Crippen molar-refractivity contribution >= 4 is 17.6 Å². The van der Waals surface area contributed by atoms with E-state index in [9.17, 15) is 9.59 Å². The molecule has 2 N–H and O–H groups in total. The van der Waals surface area contributed by atoms with Crippen LogP contribution in [0.25, 0.3) is 0 Å². The van der Waals surface area contributed by atoms with Gasteiger partial charge in [-0.1, -0.05) is 6.42 Å². The minimum absolute atomic E-state index is 0.0374. The van der Waals surface area contributed by atoms with Crippen molar-refractivity contribution in [2.75, 3.05) is 5.32 Å². The first kappa shape index (κ1) is 14.4. The molecule has 1 aromatic rings. The van der Waals surface area contributed by atoms with Crippen LogP contribution in [0.4, 0.5) is 5.69 Å². The summed E-state index contributed by atoms with van der Waals surface area (Å²) in [6, 6.07) is 4.50. The molecular formula is C15H19NO4.